The lowest BCUT2D eigenvalue weighted by atomic mass is 10.1. The fourth-order valence-corrected chi connectivity index (χ4v) is 2.51. The van der Waals surface area contributed by atoms with Crippen LogP contribution >= 0.6 is 0 Å². The van der Waals surface area contributed by atoms with Crippen LogP contribution in [0.5, 0.6) is 0 Å². The number of hydrogen-bond donors (Lipinski definition) is 2. The molecule has 0 aliphatic carbocycles. The molecule has 142 valence electrons. The van der Waals surface area contributed by atoms with Crippen LogP contribution in [0.15, 0.2) is 70.2 Å². The van der Waals surface area contributed by atoms with Gasteiger partial charge in [-0.3, -0.25) is 4.79 Å². The molecule has 1 amide bonds. The first-order valence-corrected chi connectivity index (χ1v) is 8.63. The van der Waals surface area contributed by atoms with E-state index >= 15 is 0 Å². The Morgan fingerprint density at radius 2 is 1.96 bits per heavy atom. The number of carbonyl (C=O) groups is 2. The van der Waals surface area contributed by atoms with E-state index in [2.05, 4.69) is 10.5 Å². The first-order chi connectivity index (χ1) is 13.6. The third-order valence-electron chi connectivity index (χ3n) is 3.85. The summed E-state index contributed by atoms with van der Waals surface area (Å²) in [7, 11) is 0. The molecule has 3 N–H and O–H groups in total. The van der Waals surface area contributed by atoms with E-state index in [1.165, 1.54) is 6.21 Å². The SMILES string of the molecule is CCOC(=O)c1cccc(-c2ccc(/C=N\NC(=O)c3ccccc3N)o2)c1. The van der Waals surface area contributed by atoms with Crippen LogP contribution in [0.25, 0.3) is 11.3 Å². The molecule has 0 radical (unpaired) electrons. The van der Waals surface area contributed by atoms with E-state index in [0.29, 0.717) is 34.9 Å². The van der Waals surface area contributed by atoms with Crippen LogP contribution in [0, 0.1) is 0 Å². The molecule has 0 fully saturated rings. The maximum atomic E-state index is 12.1. The smallest absolute Gasteiger partial charge is 0.338 e. The topological polar surface area (TPSA) is 107 Å². The number of benzene rings is 2. The van der Waals surface area contributed by atoms with Crippen molar-refractivity contribution in [1.29, 1.82) is 0 Å². The third-order valence-corrected chi connectivity index (χ3v) is 3.85. The maximum absolute atomic E-state index is 12.1. The van der Waals surface area contributed by atoms with Crippen molar-refractivity contribution in [3.8, 4) is 11.3 Å². The summed E-state index contributed by atoms with van der Waals surface area (Å²) in [6.07, 6.45) is 1.38. The molecule has 7 nitrogen and oxygen atoms in total. The highest BCUT2D eigenvalue weighted by Crippen LogP contribution is 2.23. The number of nitrogens with one attached hydrogen (secondary N) is 1. The largest absolute Gasteiger partial charge is 0.462 e. The minimum atomic E-state index is -0.414. The highest BCUT2D eigenvalue weighted by Gasteiger charge is 2.10. The minimum absolute atomic E-state index is 0.310. The van der Waals surface area contributed by atoms with Crippen molar-refractivity contribution >= 4 is 23.8 Å². The second-order valence-electron chi connectivity index (χ2n) is 5.79. The van der Waals surface area contributed by atoms with Gasteiger partial charge in [-0.2, -0.15) is 5.10 Å². The molecule has 2 aromatic carbocycles. The van der Waals surface area contributed by atoms with Crippen molar-refractivity contribution in [3.05, 3.63) is 77.6 Å². The maximum Gasteiger partial charge on any atom is 0.338 e. The van der Waals surface area contributed by atoms with Crippen LogP contribution < -0.4 is 11.2 Å². The Balaban J connectivity index is 1.68. The van der Waals surface area contributed by atoms with Crippen molar-refractivity contribution < 1.29 is 18.7 Å². The van der Waals surface area contributed by atoms with Gasteiger partial charge >= 0.3 is 5.97 Å². The molecule has 1 heterocycles. The number of anilines is 1. The van der Waals surface area contributed by atoms with Gasteiger partial charge in [0.15, 0.2) is 0 Å². The lowest BCUT2D eigenvalue weighted by Crippen LogP contribution is -2.18. The molecule has 3 rings (SSSR count). The average Bonchev–Trinajstić information content (AvgIpc) is 3.17. The zero-order valence-corrected chi connectivity index (χ0v) is 15.2. The summed E-state index contributed by atoms with van der Waals surface area (Å²) in [5.74, 6) is 0.202. The first-order valence-electron chi connectivity index (χ1n) is 8.63. The van der Waals surface area contributed by atoms with E-state index in [1.807, 2.05) is 6.07 Å². The van der Waals surface area contributed by atoms with Gasteiger partial charge in [0, 0.05) is 11.3 Å². The highest BCUT2D eigenvalue weighted by molar-refractivity contribution is 5.99. The molecular weight excluding hydrogens is 358 g/mol. The molecule has 0 aliphatic rings. The average molecular weight is 377 g/mol. The van der Waals surface area contributed by atoms with E-state index in [1.54, 1.807) is 61.5 Å². The summed E-state index contributed by atoms with van der Waals surface area (Å²) in [4.78, 5) is 23.9. The molecule has 0 atom stereocenters. The van der Waals surface area contributed by atoms with Crippen molar-refractivity contribution in [2.75, 3.05) is 12.3 Å². The number of nitrogens with two attached hydrogens (primary N) is 1. The van der Waals surface area contributed by atoms with E-state index in [0.717, 1.165) is 5.56 Å². The molecule has 7 heteroatoms. The summed E-state index contributed by atoms with van der Waals surface area (Å²) >= 11 is 0. The number of amides is 1. The van der Waals surface area contributed by atoms with Crippen LogP contribution in [0.2, 0.25) is 0 Å². The quantitative estimate of drug-likeness (QED) is 0.296. The fraction of sp³-hybridized carbons (Fsp3) is 0.0952. The van der Waals surface area contributed by atoms with E-state index in [-0.39, 0.29) is 5.97 Å². The summed E-state index contributed by atoms with van der Waals surface area (Å²) in [6.45, 7) is 2.07. The molecule has 0 spiro atoms. The predicted molar refractivity (Wildman–Crippen MR) is 106 cm³/mol. The van der Waals surface area contributed by atoms with Gasteiger partial charge in [0.2, 0.25) is 0 Å². The Hall–Kier alpha value is -3.87. The minimum Gasteiger partial charge on any atom is -0.462 e. The Morgan fingerprint density at radius 3 is 2.75 bits per heavy atom. The third kappa shape index (κ3) is 4.45. The Labute approximate surface area is 161 Å². The number of rotatable bonds is 6. The lowest BCUT2D eigenvalue weighted by Gasteiger charge is -2.03. The standard InChI is InChI=1S/C21H19N3O4/c1-2-27-21(26)15-7-5-6-14(12-15)19-11-10-16(28-19)13-23-24-20(25)17-8-3-4-9-18(17)22/h3-13H,2,22H2,1H3,(H,24,25)/b23-13-. The number of ether oxygens (including phenoxy) is 1. The Bertz CT molecular complexity index is 1020. The van der Waals surface area contributed by atoms with Crippen molar-refractivity contribution in [2.45, 2.75) is 6.92 Å². The number of furan rings is 1. The number of para-hydroxylation sites is 1. The second-order valence-corrected chi connectivity index (χ2v) is 5.79. The molecule has 3 aromatic rings. The van der Waals surface area contributed by atoms with Crippen LogP contribution in [0.3, 0.4) is 0 Å². The van der Waals surface area contributed by atoms with Gasteiger partial charge in [-0.15, -0.1) is 0 Å². The van der Waals surface area contributed by atoms with E-state index in [4.69, 9.17) is 14.9 Å². The van der Waals surface area contributed by atoms with Crippen molar-refractivity contribution in [1.82, 2.24) is 5.43 Å². The Morgan fingerprint density at radius 1 is 1.14 bits per heavy atom. The monoisotopic (exact) mass is 377 g/mol. The summed E-state index contributed by atoms with van der Waals surface area (Å²) in [6, 6.07) is 17.1. The molecular formula is C21H19N3O4. The second kappa shape index (κ2) is 8.68. The van der Waals surface area contributed by atoms with Gasteiger partial charge in [-0.05, 0) is 43.3 Å². The summed E-state index contributed by atoms with van der Waals surface area (Å²) in [5.41, 5.74) is 10.1. The van der Waals surface area contributed by atoms with Gasteiger partial charge in [-0.25, -0.2) is 10.2 Å². The van der Waals surface area contributed by atoms with Gasteiger partial charge in [0.1, 0.15) is 11.5 Å². The molecule has 28 heavy (non-hydrogen) atoms. The lowest BCUT2D eigenvalue weighted by molar-refractivity contribution is 0.0526. The predicted octanol–water partition coefficient (Wildman–Crippen LogP) is 3.47. The molecule has 1 aromatic heterocycles. The zero-order valence-electron chi connectivity index (χ0n) is 15.2. The van der Waals surface area contributed by atoms with Gasteiger partial charge in [0.05, 0.1) is 23.9 Å². The zero-order chi connectivity index (χ0) is 19.9. The molecule has 0 saturated heterocycles. The van der Waals surface area contributed by atoms with Crippen LogP contribution in [-0.2, 0) is 4.74 Å². The number of hydrazone groups is 1. The highest BCUT2D eigenvalue weighted by atomic mass is 16.5. The number of carbonyl (C=O) groups excluding carboxylic acids is 2. The fourth-order valence-electron chi connectivity index (χ4n) is 2.51. The van der Waals surface area contributed by atoms with Gasteiger partial charge < -0.3 is 14.9 Å². The summed E-state index contributed by atoms with van der Waals surface area (Å²) < 4.78 is 10.7. The first kappa shape index (κ1) is 18.9. The van der Waals surface area contributed by atoms with E-state index < -0.39 is 5.91 Å². The molecule has 0 unspecified atom stereocenters. The molecule has 0 bridgehead atoms. The number of esters is 1. The number of nitrogens with zero attached hydrogens (tertiary/aromatic N) is 1. The molecule has 0 aliphatic heterocycles. The van der Waals surface area contributed by atoms with Crippen molar-refractivity contribution in [3.63, 3.8) is 0 Å². The van der Waals surface area contributed by atoms with Gasteiger partial charge in [0.25, 0.3) is 5.91 Å². The summed E-state index contributed by atoms with van der Waals surface area (Å²) in [5, 5.41) is 3.89. The molecule has 0 saturated carbocycles. The number of nitrogen functional groups attached to an aromatic ring is 1. The normalized spacial score (nSPS) is 10.8. The van der Waals surface area contributed by atoms with E-state index in [9.17, 15) is 9.59 Å². The van der Waals surface area contributed by atoms with Crippen LogP contribution in [0.1, 0.15) is 33.4 Å². The van der Waals surface area contributed by atoms with Crippen molar-refractivity contribution in [2.24, 2.45) is 5.10 Å². The van der Waals surface area contributed by atoms with Crippen LogP contribution in [-0.4, -0.2) is 24.7 Å². The van der Waals surface area contributed by atoms with Crippen LogP contribution in [0.4, 0.5) is 5.69 Å². The number of hydrogen-bond acceptors (Lipinski definition) is 6. The Kier molecular flexibility index (Phi) is 5.86. The van der Waals surface area contributed by atoms with Gasteiger partial charge in [-0.1, -0.05) is 24.3 Å².